The summed E-state index contributed by atoms with van der Waals surface area (Å²) < 4.78 is 28.0. The number of anilines is 1. The van der Waals surface area contributed by atoms with E-state index in [-0.39, 0.29) is 16.6 Å². The predicted octanol–water partition coefficient (Wildman–Crippen LogP) is 7.36. The highest BCUT2D eigenvalue weighted by Gasteiger charge is 2.35. The third-order valence-corrected chi connectivity index (χ3v) is 7.74. The Balaban J connectivity index is 1.92. The van der Waals surface area contributed by atoms with Gasteiger partial charge in [-0.15, -0.1) is 0 Å². The molecule has 2 unspecified atom stereocenters. The normalized spacial score (nSPS) is 14.0. The Labute approximate surface area is 206 Å². The molecule has 0 saturated carbocycles. The van der Waals surface area contributed by atoms with E-state index < -0.39 is 11.3 Å². The molecule has 3 aromatic carbocycles. The van der Waals surface area contributed by atoms with Crippen LogP contribution in [0, 0.1) is 11.3 Å². The second kappa shape index (κ2) is 10.3. The molecular weight excluding hydrogens is 446 g/mol. The summed E-state index contributed by atoms with van der Waals surface area (Å²) in [5.74, 6) is 1.57. The van der Waals surface area contributed by atoms with Crippen molar-refractivity contribution in [1.82, 2.24) is 0 Å². The van der Waals surface area contributed by atoms with Crippen LogP contribution in [-0.4, -0.2) is 15.9 Å². The number of hydrogen-bond acceptors (Lipinski definition) is 4. The van der Waals surface area contributed by atoms with Gasteiger partial charge in [0.15, 0.2) is 11.5 Å². The molecule has 0 radical (unpaired) electrons. The third-order valence-electron chi connectivity index (χ3n) is 7.02. The van der Waals surface area contributed by atoms with E-state index in [1.807, 2.05) is 36.4 Å². The highest BCUT2D eigenvalue weighted by Crippen LogP contribution is 2.43. The largest absolute Gasteiger partial charge is 0.507 e. The monoisotopic (exact) mass is 483 g/mol. The smallest absolute Gasteiger partial charge is 0.316 e. The van der Waals surface area contributed by atoms with Crippen molar-refractivity contribution in [3.05, 3.63) is 60.2 Å². The molecule has 5 nitrogen and oxygen atoms in total. The quantitative estimate of drug-likeness (QED) is 0.312. The van der Waals surface area contributed by atoms with Gasteiger partial charge in [0.1, 0.15) is 5.75 Å². The molecule has 0 saturated heterocycles. The molecule has 3 rings (SSSR count). The molecular formula is C28H37NO4S. The van der Waals surface area contributed by atoms with Crippen molar-refractivity contribution >= 4 is 27.7 Å². The molecule has 0 aliphatic rings. The van der Waals surface area contributed by atoms with Gasteiger partial charge in [-0.25, -0.2) is 0 Å². The van der Waals surface area contributed by atoms with Crippen LogP contribution in [0.1, 0.15) is 60.5 Å². The van der Waals surface area contributed by atoms with E-state index >= 15 is 0 Å². The summed E-state index contributed by atoms with van der Waals surface area (Å²) in [6, 6.07) is 16.6. The van der Waals surface area contributed by atoms with Crippen LogP contribution in [0.4, 0.5) is 5.69 Å². The lowest BCUT2D eigenvalue weighted by molar-refractivity contribution is 0.224. The molecule has 0 fully saturated rings. The van der Waals surface area contributed by atoms with Gasteiger partial charge in [-0.2, -0.15) is 4.21 Å². The number of hydrogen-bond donors (Lipinski definition) is 2. The van der Waals surface area contributed by atoms with Gasteiger partial charge >= 0.3 is 11.3 Å². The number of rotatable bonds is 9. The van der Waals surface area contributed by atoms with Crippen molar-refractivity contribution < 1.29 is 18.2 Å². The number of phenolic OH excluding ortho intramolecular Hbond substituents is 1. The van der Waals surface area contributed by atoms with Crippen LogP contribution in [0.25, 0.3) is 10.8 Å². The summed E-state index contributed by atoms with van der Waals surface area (Å²) in [5.41, 5.74) is 1.55. The molecule has 0 aromatic heterocycles. The highest BCUT2D eigenvalue weighted by molar-refractivity contribution is 7.82. The maximum atomic E-state index is 13.1. The Morgan fingerprint density at radius 2 is 1.65 bits per heavy atom. The van der Waals surface area contributed by atoms with Crippen LogP contribution in [0.3, 0.4) is 0 Å². The second-order valence-electron chi connectivity index (χ2n) is 10.5. The number of phenols is 1. The fourth-order valence-corrected chi connectivity index (χ4v) is 4.12. The first-order valence-corrected chi connectivity index (χ1v) is 12.9. The van der Waals surface area contributed by atoms with Crippen LogP contribution in [-0.2, 0) is 16.7 Å². The maximum absolute atomic E-state index is 13.1. The van der Waals surface area contributed by atoms with E-state index in [1.54, 1.807) is 12.1 Å². The van der Waals surface area contributed by atoms with Gasteiger partial charge in [-0.3, -0.25) is 4.72 Å². The number of fused-ring (bicyclic) bond motifs is 1. The summed E-state index contributed by atoms with van der Waals surface area (Å²) in [6.07, 6.45) is 1.01. The molecule has 0 heterocycles. The first-order chi connectivity index (χ1) is 15.9. The minimum absolute atomic E-state index is 0.00568. The lowest BCUT2D eigenvalue weighted by Gasteiger charge is -2.39. The van der Waals surface area contributed by atoms with Crippen molar-refractivity contribution in [2.45, 2.75) is 60.3 Å². The summed E-state index contributed by atoms with van der Waals surface area (Å²) in [5, 5.41) is 11.6. The molecule has 184 valence electrons. The lowest BCUT2D eigenvalue weighted by atomic mass is 9.65. The van der Waals surface area contributed by atoms with Gasteiger partial charge < -0.3 is 14.0 Å². The molecule has 0 bridgehead atoms. The molecule has 2 atom stereocenters. The van der Waals surface area contributed by atoms with Crippen molar-refractivity contribution in [1.29, 1.82) is 0 Å². The third kappa shape index (κ3) is 5.66. The molecule has 3 aromatic rings. The van der Waals surface area contributed by atoms with Gasteiger partial charge in [-0.1, -0.05) is 85.2 Å². The van der Waals surface area contributed by atoms with Gasteiger partial charge in [0.05, 0.1) is 12.3 Å². The number of aromatic hydroxyl groups is 1. The summed E-state index contributed by atoms with van der Waals surface area (Å²) in [7, 11) is 0. The highest BCUT2D eigenvalue weighted by atomic mass is 32.2. The SMILES string of the molecule is CCC(C)COc1ccc(C(C)(C)C(C)(C)C)cc1OS(=O)Nc1ccc(O)c2ccccc12. The maximum Gasteiger partial charge on any atom is 0.316 e. The Morgan fingerprint density at radius 1 is 0.971 bits per heavy atom. The van der Waals surface area contributed by atoms with E-state index in [4.69, 9.17) is 8.92 Å². The van der Waals surface area contributed by atoms with E-state index in [2.05, 4.69) is 59.3 Å². The average molecular weight is 484 g/mol. The Kier molecular flexibility index (Phi) is 7.81. The van der Waals surface area contributed by atoms with Gasteiger partial charge in [0, 0.05) is 10.8 Å². The average Bonchev–Trinajstić information content (AvgIpc) is 2.79. The van der Waals surface area contributed by atoms with Crippen LogP contribution in [0.2, 0.25) is 0 Å². The Morgan fingerprint density at radius 3 is 2.29 bits per heavy atom. The molecule has 34 heavy (non-hydrogen) atoms. The second-order valence-corrected chi connectivity index (χ2v) is 11.3. The molecule has 0 spiro atoms. The predicted molar refractivity (Wildman–Crippen MR) is 142 cm³/mol. The summed E-state index contributed by atoms with van der Waals surface area (Å²) in [6.45, 7) is 15.8. The first kappa shape index (κ1) is 25.9. The van der Waals surface area contributed by atoms with Crippen LogP contribution in [0.5, 0.6) is 17.2 Å². The molecule has 0 aliphatic heterocycles. The number of ether oxygens (including phenoxy) is 1. The van der Waals surface area contributed by atoms with E-state index in [1.165, 1.54) is 0 Å². The standard InChI is InChI=1S/C28H37NO4S/c1-8-19(2)18-32-25-16-13-20(28(6,7)27(3,4)5)17-26(25)33-34(31)29-23-14-15-24(30)22-12-10-9-11-21(22)23/h9-17,19,29-30H,8,18H2,1-7H3. The molecule has 6 heteroatoms. The van der Waals surface area contributed by atoms with E-state index in [0.29, 0.717) is 35.1 Å². The van der Waals surface area contributed by atoms with Gasteiger partial charge in [0.2, 0.25) is 0 Å². The zero-order chi connectivity index (χ0) is 25.1. The summed E-state index contributed by atoms with van der Waals surface area (Å²) >= 11 is -1.88. The van der Waals surface area contributed by atoms with Gasteiger partial charge in [-0.05, 0) is 46.6 Å². The Hall–Kier alpha value is -2.73. The minimum Gasteiger partial charge on any atom is -0.507 e. The zero-order valence-corrected chi connectivity index (χ0v) is 22.1. The number of benzene rings is 3. The van der Waals surface area contributed by atoms with E-state index in [0.717, 1.165) is 17.4 Å². The number of nitrogens with one attached hydrogen (secondary N) is 1. The van der Waals surface area contributed by atoms with Crippen molar-refractivity contribution in [3.63, 3.8) is 0 Å². The van der Waals surface area contributed by atoms with Crippen molar-refractivity contribution in [2.75, 3.05) is 11.3 Å². The van der Waals surface area contributed by atoms with E-state index in [9.17, 15) is 9.32 Å². The minimum atomic E-state index is -1.88. The zero-order valence-electron chi connectivity index (χ0n) is 21.3. The summed E-state index contributed by atoms with van der Waals surface area (Å²) in [4.78, 5) is 0. The molecule has 0 aliphatic carbocycles. The van der Waals surface area contributed by atoms with Crippen LogP contribution < -0.4 is 13.6 Å². The van der Waals surface area contributed by atoms with Crippen molar-refractivity contribution in [3.8, 4) is 17.2 Å². The molecule has 0 amide bonds. The fourth-order valence-electron chi connectivity index (χ4n) is 3.43. The first-order valence-electron chi connectivity index (χ1n) is 11.8. The van der Waals surface area contributed by atoms with Gasteiger partial charge in [0.25, 0.3) is 0 Å². The van der Waals surface area contributed by atoms with Crippen LogP contribution >= 0.6 is 0 Å². The topological polar surface area (TPSA) is 67.8 Å². The van der Waals surface area contributed by atoms with Crippen molar-refractivity contribution in [2.24, 2.45) is 11.3 Å². The molecule has 2 N–H and O–H groups in total. The lowest BCUT2D eigenvalue weighted by Crippen LogP contribution is -2.34. The van der Waals surface area contributed by atoms with Crippen LogP contribution in [0.15, 0.2) is 54.6 Å². The fraction of sp³-hybridized carbons (Fsp3) is 0.429. The Bertz CT molecular complexity index is 1170.